The number of likely N-dealkylation sites (tertiary alicyclic amines) is 1. The van der Waals surface area contributed by atoms with Crippen LogP contribution in [0.3, 0.4) is 0 Å². The number of pyridine rings is 1. The average Bonchev–Trinajstić information content (AvgIpc) is 3.37. The van der Waals surface area contributed by atoms with Gasteiger partial charge in [0.05, 0.1) is 18.1 Å². The molecular weight excluding hydrogens is 434 g/mol. The number of fused-ring (bicyclic) bond motifs is 3. The highest BCUT2D eigenvalue weighted by molar-refractivity contribution is 5.91. The lowest BCUT2D eigenvalue weighted by Crippen LogP contribution is -2.51. The van der Waals surface area contributed by atoms with Gasteiger partial charge in [-0.3, -0.25) is 14.4 Å². The van der Waals surface area contributed by atoms with Crippen molar-refractivity contribution < 1.29 is 14.7 Å². The molecule has 2 aromatic rings. The van der Waals surface area contributed by atoms with Gasteiger partial charge in [0.15, 0.2) is 0 Å². The van der Waals surface area contributed by atoms with E-state index >= 15 is 0 Å². The normalized spacial score (nSPS) is 25.6. The van der Waals surface area contributed by atoms with Crippen LogP contribution in [-0.2, 0) is 29.6 Å². The van der Waals surface area contributed by atoms with Gasteiger partial charge in [-0.2, -0.15) is 0 Å². The Morgan fingerprint density at radius 1 is 1.29 bits per heavy atom. The Kier molecular flexibility index (Phi) is 5.89. The highest BCUT2D eigenvalue weighted by Crippen LogP contribution is 2.51. The molecule has 5 rings (SSSR count). The molecular formula is C25H31N5O4. The Hall–Kier alpha value is -3.20. The maximum absolute atomic E-state index is 13.4. The van der Waals surface area contributed by atoms with E-state index in [1.165, 1.54) is 0 Å². The van der Waals surface area contributed by atoms with Crippen LogP contribution in [0.5, 0.6) is 0 Å². The van der Waals surface area contributed by atoms with Gasteiger partial charge >= 0.3 is 0 Å². The molecule has 3 aliphatic rings. The number of carbonyl (C=O) groups is 2. The first-order valence-corrected chi connectivity index (χ1v) is 12.0. The van der Waals surface area contributed by atoms with Gasteiger partial charge in [0, 0.05) is 68.4 Å². The van der Waals surface area contributed by atoms with Crippen LogP contribution in [0.4, 0.5) is 0 Å². The molecule has 0 unspecified atom stereocenters. The van der Waals surface area contributed by atoms with Gasteiger partial charge < -0.3 is 24.5 Å². The van der Waals surface area contributed by atoms with Crippen LogP contribution in [0.2, 0.25) is 0 Å². The van der Waals surface area contributed by atoms with Crippen molar-refractivity contribution in [3.8, 4) is 0 Å². The van der Waals surface area contributed by atoms with Crippen LogP contribution in [0.1, 0.15) is 42.8 Å². The Bertz CT molecular complexity index is 1190. The summed E-state index contributed by atoms with van der Waals surface area (Å²) in [5.41, 5.74) is 2.12. The van der Waals surface area contributed by atoms with Crippen LogP contribution in [0, 0.1) is 17.8 Å². The Morgan fingerprint density at radius 3 is 2.74 bits per heavy atom. The number of aliphatic hydroxyl groups is 1. The van der Waals surface area contributed by atoms with Gasteiger partial charge in [0.1, 0.15) is 6.04 Å². The zero-order chi connectivity index (χ0) is 24.0. The minimum absolute atomic E-state index is 0.0470. The number of aryl methyl sites for hydroxylation is 1. The summed E-state index contributed by atoms with van der Waals surface area (Å²) >= 11 is 0. The first-order chi connectivity index (χ1) is 16.4. The second-order valence-electron chi connectivity index (χ2n) is 9.62. The van der Waals surface area contributed by atoms with Gasteiger partial charge in [-0.15, -0.1) is 0 Å². The monoisotopic (exact) mass is 465 g/mol. The van der Waals surface area contributed by atoms with Crippen molar-refractivity contribution >= 4 is 17.9 Å². The molecule has 2 N–H and O–H groups in total. The van der Waals surface area contributed by atoms with Gasteiger partial charge in [0.2, 0.25) is 11.8 Å². The molecule has 0 aromatic carbocycles. The molecule has 180 valence electrons. The Balaban J connectivity index is 1.44. The van der Waals surface area contributed by atoms with Crippen molar-refractivity contribution in [3.63, 3.8) is 0 Å². The SMILES string of the molecule is C/C=C/c1ccc2n(c1=O)C[C@H]1[C@H](CO)[C@@H](C(=O)NCCc3cn(C)cn3)N(C(=O)C3CC3)[C@@H]21. The summed E-state index contributed by atoms with van der Waals surface area (Å²) in [5.74, 6) is -1.00. The Morgan fingerprint density at radius 2 is 2.09 bits per heavy atom. The molecule has 9 nitrogen and oxygen atoms in total. The number of hydrogen-bond acceptors (Lipinski definition) is 5. The Labute approximate surface area is 198 Å². The van der Waals surface area contributed by atoms with E-state index in [4.69, 9.17) is 0 Å². The molecule has 2 amide bonds. The number of amides is 2. The molecule has 0 radical (unpaired) electrons. The smallest absolute Gasteiger partial charge is 0.258 e. The van der Waals surface area contributed by atoms with Gasteiger partial charge in [0.25, 0.3) is 5.56 Å². The first-order valence-electron chi connectivity index (χ1n) is 12.0. The lowest BCUT2D eigenvalue weighted by Gasteiger charge is -2.31. The zero-order valence-electron chi connectivity index (χ0n) is 19.6. The molecule has 34 heavy (non-hydrogen) atoms. The lowest BCUT2D eigenvalue weighted by atomic mass is 9.88. The third-order valence-electron chi connectivity index (χ3n) is 7.34. The minimum atomic E-state index is -0.754. The number of imidazole rings is 1. The summed E-state index contributed by atoms with van der Waals surface area (Å²) in [7, 11) is 1.89. The quantitative estimate of drug-likeness (QED) is 0.631. The lowest BCUT2D eigenvalue weighted by molar-refractivity contribution is -0.142. The largest absolute Gasteiger partial charge is 0.396 e. The topological polar surface area (TPSA) is 109 Å². The first kappa shape index (κ1) is 22.6. The summed E-state index contributed by atoms with van der Waals surface area (Å²) in [6, 6.07) is 2.54. The van der Waals surface area contributed by atoms with E-state index in [0.717, 1.165) is 24.2 Å². The van der Waals surface area contributed by atoms with Crippen molar-refractivity contribution in [3.05, 3.63) is 58.0 Å². The van der Waals surface area contributed by atoms with E-state index in [1.54, 1.807) is 27.9 Å². The van der Waals surface area contributed by atoms with E-state index in [0.29, 0.717) is 25.1 Å². The summed E-state index contributed by atoms with van der Waals surface area (Å²) < 4.78 is 3.57. The van der Waals surface area contributed by atoms with Crippen LogP contribution in [0.25, 0.3) is 6.08 Å². The van der Waals surface area contributed by atoms with Crippen LogP contribution in [-0.4, -0.2) is 55.1 Å². The highest BCUT2D eigenvalue weighted by Gasteiger charge is 2.58. The summed E-state index contributed by atoms with van der Waals surface area (Å²) in [6.45, 7) is 2.43. The van der Waals surface area contributed by atoms with Crippen LogP contribution >= 0.6 is 0 Å². The summed E-state index contributed by atoms with van der Waals surface area (Å²) in [6.07, 6.45) is 9.44. The standard InChI is InChI=1S/C25H31N5O4/c1-3-4-15-7-8-20-21-18(12-29(20)24(15)33)19(13-31)22(30(21)25(34)16-5-6-16)23(32)26-10-9-17-11-28(2)14-27-17/h3-4,7-8,11,14,16,18-19,21-22,31H,5-6,9-10,12-13H2,1-2H3,(H,26,32)/b4-3+/t18-,19-,21+,22-/m0/s1. The van der Waals surface area contributed by atoms with E-state index in [1.807, 2.05) is 36.9 Å². The van der Waals surface area contributed by atoms with Crippen molar-refractivity contribution in [1.82, 2.24) is 24.3 Å². The molecule has 0 bridgehead atoms. The van der Waals surface area contributed by atoms with Crippen molar-refractivity contribution in [2.75, 3.05) is 13.2 Å². The number of rotatable bonds is 7. The van der Waals surface area contributed by atoms with E-state index < -0.39 is 12.0 Å². The fraction of sp³-hybridized carbons (Fsp3) is 0.520. The predicted octanol–water partition coefficient (Wildman–Crippen LogP) is 0.874. The van der Waals surface area contributed by atoms with E-state index in [-0.39, 0.29) is 41.9 Å². The fourth-order valence-corrected chi connectivity index (χ4v) is 5.61. The molecule has 2 aromatic heterocycles. The van der Waals surface area contributed by atoms with Gasteiger partial charge in [-0.05, 0) is 31.9 Å². The fourth-order valence-electron chi connectivity index (χ4n) is 5.61. The maximum atomic E-state index is 13.4. The number of nitrogens with one attached hydrogen (secondary N) is 1. The van der Waals surface area contributed by atoms with E-state index in [9.17, 15) is 19.5 Å². The molecule has 1 aliphatic carbocycles. The van der Waals surface area contributed by atoms with Gasteiger partial charge in [-0.25, -0.2) is 4.98 Å². The van der Waals surface area contributed by atoms with Gasteiger partial charge in [-0.1, -0.05) is 12.2 Å². The third-order valence-corrected chi connectivity index (χ3v) is 7.34. The molecule has 2 fully saturated rings. The number of allylic oxidation sites excluding steroid dienone is 1. The minimum Gasteiger partial charge on any atom is -0.396 e. The summed E-state index contributed by atoms with van der Waals surface area (Å²) in [4.78, 5) is 45.9. The predicted molar refractivity (Wildman–Crippen MR) is 125 cm³/mol. The zero-order valence-corrected chi connectivity index (χ0v) is 19.6. The third kappa shape index (κ3) is 3.77. The van der Waals surface area contributed by atoms with E-state index in [2.05, 4.69) is 10.3 Å². The van der Waals surface area contributed by atoms with Crippen molar-refractivity contribution in [1.29, 1.82) is 0 Å². The molecule has 2 aliphatic heterocycles. The van der Waals surface area contributed by atoms with Crippen molar-refractivity contribution in [2.24, 2.45) is 24.8 Å². The van der Waals surface area contributed by atoms with Crippen molar-refractivity contribution in [2.45, 2.75) is 44.8 Å². The highest BCUT2D eigenvalue weighted by atomic mass is 16.3. The number of carbonyl (C=O) groups excluding carboxylic acids is 2. The maximum Gasteiger partial charge on any atom is 0.258 e. The number of nitrogens with zero attached hydrogens (tertiary/aromatic N) is 4. The second-order valence-corrected chi connectivity index (χ2v) is 9.62. The van der Waals surface area contributed by atoms with Crippen LogP contribution in [0.15, 0.2) is 35.5 Å². The molecule has 9 heteroatoms. The molecule has 1 saturated carbocycles. The number of aliphatic hydroxyl groups excluding tert-OH is 1. The molecule has 0 spiro atoms. The molecule has 1 saturated heterocycles. The number of hydrogen-bond donors (Lipinski definition) is 2. The molecule has 4 atom stereocenters. The van der Waals surface area contributed by atoms with Crippen LogP contribution < -0.4 is 10.9 Å². The average molecular weight is 466 g/mol. The molecule has 4 heterocycles. The second kappa shape index (κ2) is 8.87. The summed E-state index contributed by atoms with van der Waals surface area (Å²) in [5, 5.41) is 13.3. The number of aromatic nitrogens is 3.